The van der Waals surface area contributed by atoms with Gasteiger partial charge in [-0.05, 0) is 37.2 Å². The molecule has 2 fully saturated rings. The number of nitrogens with one attached hydrogen (secondary N) is 1. The fraction of sp³-hybridized carbons (Fsp3) is 0.800. The lowest BCUT2D eigenvalue weighted by atomic mass is 9.92. The van der Waals surface area contributed by atoms with Gasteiger partial charge in [-0.25, -0.2) is 4.79 Å². The molecule has 1 heterocycles. The maximum Gasteiger partial charge on any atom is 0.329 e. The van der Waals surface area contributed by atoms with Crippen molar-refractivity contribution in [2.45, 2.75) is 31.2 Å². The van der Waals surface area contributed by atoms with Crippen LogP contribution in [0.3, 0.4) is 0 Å². The predicted octanol–water partition coefficient (Wildman–Crippen LogP) is 0.863. The molecule has 1 saturated carbocycles. The van der Waals surface area contributed by atoms with Gasteiger partial charge in [0, 0.05) is 5.92 Å². The highest BCUT2D eigenvalue weighted by atomic mass is 32.2. The van der Waals surface area contributed by atoms with Crippen molar-refractivity contribution in [2.75, 3.05) is 11.5 Å². The Morgan fingerprint density at radius 3 is 2.33 bits per heavy atom. The minimum absolute atomic E-state index is 0.0655. The van der Waals surface area contributed by atoms with Crippen molar-refractivity contribution in [1.29, 1.82) is 0 Å². The highest BCUT2D eigenvalue weighted by Crippen LogP contribution is 2.32. The molecule has 0 aromatic carbocycles. The van der Waals surface area contributed by atoms with Gasteiger partial charge in [0.15, 0.2) is 0 Å². The molecule has 84 valence electrons. The molecule has 0 atom stereocenters. The van der Waals surface area contributed by atoms with Gasteiger partial charge in [0.25, 0.3) is 0 Å². The zero-order valence-corrected chi connectivity index (χ0v) is 9.31. The second-order valence-corrected chi connectivity index (χ2v) is 5.49. The molecule has 0 spiro atoms. The normalized spacial score (nSPS) is 24.5. The van der Waals surface area contributed by atoms with E-state index in [1.807, 2.05) is 0 Å². The van der Waals surface area contributed by atoms with Crippen molar-refractivity contribution in [3.8, 4) is 0 Å². The van der Waals surface area contributed by atoms with Crippen LogP contribution in [-0.2, 0) is 9.59 Å². The molecule has 2 N–H and O–H groups in total. The molecule has 4 nitrogen and oxygen atoms in total. The van der Waals surface area contributed by atoms with Crippen LogP contribution in [0, 0.1) is 5.92 Å². The molecule has 0 aromatic rings. The Morgan fingerprint density at radius 2 is 1.87 bits per heavy atom. The molecule has 1 aliphatic carbocycles. The Balaban J connectivity index is 2.03. The molecule has 0 bridgehead atoms. The first-order chi connectivity index (χ1) is 7.14. The lowest BCUT2D eigenvalue weighted by Crippen LogP contribution is -2.56. The van der Waals surface area contributed by atoms with Crippen molar-refractivity contribution in [1.82, 2.24) is 5.32 Å². The van der Waals surface area contributed by atoms with Crippen LogP contribution < -0.4 is 5.32 Å². The van der Waals surface area contributed by atoms with E-state index in [0.29, 0.717) is 12.8 Å². The van der Waals surface area contributed by atoms with E-state index in [0.717, 1.165) is 24.3 Å². The zero-order valence-electron chi connectivity index (χ0n) is 8.49. The quantitative estimate of drug-likeness (QED) is 0.753. The van der Waals surface area contributed by atoms with Gasteiger partial charge in [0.1, 0.15) is 5.54 Å². The van der Waals surface area contributed by atoms with Gasteiger partial charge in [0.05, 0.1) is 0 Å². The average molecular weight is 229 g/mol. The molecule has 15 heavy (non-hydrogen) atoms. The lowest BCUT2D eigenvalue weighted by molar-refractivity contribution is -0.148. The van der Waals surface area contributed by atoms with Crippen LogP contribution in [-0.4, -0.2) is 34.0 Å². The highest BCUT2D eigenvalue weighted by Gasteiger charge is 2.43. The number of carbonyl (C=O) groups excluding carboxylic acids is 1. The third-order valence-corrected chi connectivity index (χ3v) is 4.05. The first-order valence-corrected chi connectivity index (χ1v) is 6.43. The first-order valence-electron chi connectivity index (χ1n) is 5.27. The summed E-state index contributed by atoms with van der Waals surface area (Å²) in [5.41, 5.74) is -0.981. The molecule has 2 aliphatic rings. The second-order valence-electron chi connectivity index (χ2n) is 4.26. The number of carboxylic acid groups (broad SMARTS) is 1. The Morgan fingerprint density at radius 1 is 1.27 bits per heavy atom. The Hall–Kier alpha value is -0.710. The molecular formula is C10H15NO3S. The largest absolute Gasteiger partial charge is 0.480 e. The Bertz CT molecular complexity index is 282. The predicted molar refractivity (Wildman–Crippen MR) is 57.8 cm³/mol. The molecule has 0 aromatic heterocycles. The third-order valence-electron chi connectivity index (χ3n) is 3.07. The highest BCUT2D eigenvalue weighted by molar-refractivity contribution is 7.99. The molecule has 2 rings (SSSR count). The fourth-order valence-electron chi connectivity index (χ4n) is 1.80. The molecule has 1 aliphatic heterocycles. The van der Waals surface area contributed by atoms with Gasteiger partial charge >= 0.3 is 5.97 Å². The van der Waals surface area contributed by atoms with Crippen molar-refractivity contribution in [3.63, 3.8) is 0 Å². The topological polar surface area (TPSA) is 66.4 Å². The number of thioether (sulfide) groups is 1. The first kappa shape index (κ1) is 10.8. The molecular weight excluding hydrogens is 214 g/mol. The summed E-state index contributed by atoms with van der Waals surface area (Å²) in [6.45, 7) is 0. The van der Waals surface area contributed by atoms with Gasteiger partial charge in [-0.2, -0.15) is 11.8 Å². The number of carbonyl (C=O) groups is 2. The molecule has 1 amide bonds. The maximum atomic E-state index is 11.6. The Kier molecular flexibility index (Phi) is 2.91. The summed E-state index contributed by atoms with van der Waals surface area (Å²) in [7, 11) is 0. The van der Waals surface area contributed by atoms with Gasteiger partial charge in [-0.3, -0.25) is 4.79 Å². The zero-order chi connectivity index (χ0) is 10.9. The number of hydrogen-bond donors (Lipinski definition) is 2. The van der Waals surface area contributed by atoms with Crippen LogP contribution in [0.2, 0.25) is 0 Å². The monoisotopic (exact) mass is 229 g/mol. The Labute approximate surface area is 92.8 Å². The smallest absolute Gasteiger partial charge is 0.329 e. The van der Waals surface area contributed by atoms with Gasteiger partial charge in [-0.15, -0.1) is 0 Å². The van der Waals surface area contributed by atoms with E-state index in [1.54, 1.807) is 11.8 Å². The van der Waals surface area contributed by atoms with E-state index < -0.39 is 11.5 Å². The van der Waals surface area contributed by atoms with Crippen molar-refractivity contribution in [2.24, 2.45) is 5.92 Å². The summed E-state index contributed by atoms with van der Waals surface area (Å²) in [6.07, 6.45) is 2.92. The van der Waals surface area contributed by atoms with E-state index in [2.05, 4.69) is 5.32 Å². The summed E-state index contributed by atoms with van der Waals surface area (Å²) in [5.74, 6) is 0.769. The van der Waals surface area contributed by atoms with Crippen LogP contribution in [0.15, 0.2) is 0 Å². The minimum Gasteiger partial charge on any atom is -0.480 e. The third kappa shape index (κ3) is 2.27. The van der Waals surface area contributed by atoms with E-state index in [-0.39, 0.29) is 11.8 Å². The van der Waals surface area contributed by atoms with Crippen LogP contribution in [0.25, 0.3) is 0 Å². The molecule has 0 radical (unpaired) electrons. The van der Waals surface area contributed by atoms with Crippen LogP contribution in [0.4, 0.5) is 0 Å². The number of aliphatic carboxylic acids is 1. The lowest BCUT2D eigenvalue weighted by Gasteiger charge is -2.33. The molecule has 5 heteroatoms. The maximum absolute atomic E-state index is 11.6. The van der Waals surface area contributed by atoms with Crippen molar-refractivity contribution < 1.29 is 14.7 Å². The number of rotatable bonds is 3. The second kappa shape index (κ2) is 4.04. The summed E-state index contributed by atoms with van der Waals surface area (Å²) in [6, 6.07) is 0. The number of hydrogen-bond acceptors (Lipinski definition) is 3. The van der Waals surface area contributed by atoms with Gasteiger partial charge in [-0.1, -0.05) is 0 Å². The van der Waals surface area contributed by atoms with Crippen LogP contribution in [0.5, 0.6) is 0 Å². The summed E-state index contributed by atoms with van der Waals surface area (Å²) >= 11 is 1.75. The van der Waals surface area contributed by atoms with Crippen molar-refractivity contribution >= 4 is 23.6 Å². The van der Waals surface area contributed by atoms with E-state index in [1.165, 1.54) is 0 Å². The summed E-state index contributed by atoms with van der Waals surface area (Å²) in [5, 5.41) is 12.0. The summed E-state index contributed by atoms with van der Waals surface area (Å²) < 4.78 is 0. The van der Waals surface area contributed by atoms with Crippen molar-refractivity contribution in [3.05, 3.63) is 0 Å². The van der Waals surface area contributed by atoms with E-state index in [9.17, 15) is 14.7 Å². The minimum atomic E-state index is -0.981. The van der Waals surface area contributed by atoms with Gasteiger partial charge < -0.3 is 10.4 Å². The molecule has 0 unspecified atom stereocenters. The van der Waals surface area contributed by atoms with E-state index in [4.69, 9.17) is 0 Å². The average Bonchev–Trinajstić information content (AvgIpc) is 3.02. The van der Waals surface area contributed by atoms with Gasteiger partial charge in [0.2, 0.25) is 5.91 Å². The number of amides is 1. The van der Waals surface area contributed by atoms with Crippen LogP contribution >= 0.6 is 11.8 Å². The summed E-state index contributed by atoms with van der Waals surface area (Å²) in [4.78, 5) is 22.8. The van der Waals surface area contributed by atoms with Crippen LogP contribution in [0.1, 0.15) is 25.7 Å². The fourth-order valence-corrected chi connectivity index (χ4v) is 2.99. The standard InChI is InChI=1S/C10H15NO3S/c12-8(7-1-2-7)11-10(9(13)14)3-5-15-6-4-10/h7H,1-6H2,(H,11,12)(H,13,14). The van der Waals surface area contributed by atoms with E-state index >= 15 is 0 Å². The molecule has 1 saturated heterocycles. The number of carboxylic acids is 1. The SMILES string of the molecule is O=C(NC1(C(=O)O)CCSCC1)C1CC1.